The Bertz CT molecular complexity index is 906. The minimum absolute atomic E-state index is 0.0192. The van der Waals surface area contributed by atoms with Gasteiger partial charge >= 0.3 is 5.69 Å². The molecule has 1 unspecified atom stereocenters. The molecule has 0 aliphatic heterocycles. The van der Waals surface area contributed by atoms with Gasteiger partial charge in [-0.3, -0.25) is 25.7 Å². The molecule has 2 rings (SSSR count). The van der Waals surface area contributed by atoms with Gasteiger partial charge in [-0.15, -0.1) is 0 Å². The molecule has 1 N–H and O–H groups in total. The molecule has 1 atom stereocenters. The Morgan fingerprint density at radius 2 is 1.82 bits per heavy atom. The maximum absolute atomic E-state index is 11.2. The van der Waals surface area contributed by atoms with E-state index in [4.69, 9.17) is 34.8 Å². The van der Waals surface area contributed by atoms with E-state index in [9.17, 15) is 20.2 Å². The number of nitro benzene ring substituents is 2. The number of rotatable bonds is 5. The molecule has 0 heterocycles. The molecule has 1 aliphatic carbocycles. The van der Waals surface area contributed by atoms with Crippen molar-refractivity contribution in [3.05, 3.63) is 62.2 Å². The van der Waals surface area contributed by atoms with Gasteiger partial charge in [0, 0.05) is 6.07 Å². The number of anilines is 1. The fraction of sp³-hybridized carbons (Fsp3) is 0.353. The third kappa shape index (κ3) is 4.45. The van der Waals surface area contributed by atoms with Crippen molar-refractivity contribution in [2.24, 2.45) is 16.4 Å². The number of hydrazone groups is 1. The highest BCUT2D eigenvalue weighted by Crippen LogP contribution is 2.53. The fourth-order valence-corrected chi connectivity index (χ4v) is 3.32. The average Bonchev–Trinajstić information content (AvgIpc) is 2.59. The second-order valence-corrected chi connectivity index (χ2v) is 8.93. The molecule has 1 aromatic rings. The van der Waals surface area contributed by atoms with Gasteiger partial charge in [-0.1, -0.05) is 60.3 Å². The molecule has 0 saturated carbocycles. The van der Waals surface area contributed by atoms with Crippen LogP contribution in [0.3, 0.4) is 0 Å². The van der Waals surface area contributed by atoms with Crippen molar-refractivity contribution in [1.82, 2.24) is 0 Å². The fourth-order valence-electron chi connectivity index (χ4n) is 2.80. The van der Waals surface area contributed by atoms with Gasteiger partial charge in [0.1, 0.15) is 5.69 Å². The van der Waals surface area contributed by atoms with Crippen molar-refractivity contribution in [3.8, 4) is 0 Å². The van der Waals surface area contributed by atoms with Crippen molar-refractivity contribution in [3.63, 3.8) is 0 Å². The van der Waals surface area contributed by atoms with Crippen molar-refractivity contribution < 1.29 is 9.85 Å². The summed E-state index contributed by atoms with van der Waals surface area (Å²) in [6.45, 7) is 5.70. The van der Waals surface area contributed by atoms with Gasteiger partial charge in [0.2, 0.25) is 3.79 Å². The van der Waals surface area contributed by atoms with Gasteiger partial charge in [0.25, 0.3) is 5.69 Å². The number of hydrogen-bond donors (Lipinski definition) is 1. The predicted octanol–water partition coefficient (Wildman–Crippen LogP) is 5.80. The maximum Gasteiger partial charge on any atom is 0.301 e. The summed E-state index contributed by atoms with van der Waals surface area (Å²) in [5, 5.41) is 26.2. The van der Waals surface area contributed by atoms with E-state index in [2.05, 4.69) is 10.5 Å². The molecule has 0 aromatic heterocycles. The van der Waals surface area contributed by atoms with Gasteiger partial charge < -0.3 is 0 Å². The first-order valence-corrected chi connectivity index (χ1v) is 9.25. The zero-order chi connectivity index (χ0) is 21.3. The van der Waals surface area contributed by atoms with Crippen molar-refractivity contribution in [1.29, 1.82) is 0 Å². The average molecular weight is 448 g/mol. The summed E-state index contributed by atoms with van der Waals surface area (Å²) < 4.78 is -1.57. The van der Waals surface area contributed by atoms with Crippen LogP contribution in [-0.4, -0.2) is 19.4 Å². The van der Waals surface area contributed by atoms with E-state index in [0.717, 1.165) is 17.7 Å². The number of nitro groups is 2. The Hall–Kier alpha value is -2.16. The number of nitrogens with one attached hydrogen (secondary N) is 1. The van der Waals surface area contributed by atoms with E-state index in [1.807, 2.05) is 13.8 Å². The number of non-ortho nitro benzene ring substituents is 1. The summed E-state index contributed by atoms with van der Waals surface area (Å²) >= 11 is 18.5. The van der Waals surface area contributed by atoms with E-state index in [1.54, 1.807) is 25.2 Å². The topological polar surface area (TPSA) is 111 Å². The van der Waals surface area contributed by atoms with E-state index in [0.29, 0.717) is 5.71 Å². The molecule has 8 nitrogen and oxygen atoms in total. The van der Waals surface area contributed by atoms with Crippen molar-refractivity contribution in [2.75, 3.05) is 5.43 Å². The van der Waals surface area contributed by atoms with Crippen LogP contribution in [0, 0.1) is 31.6 Å². The van der Waals surface area contributed by atoms with Crippen molar-refractivity contribution in [2.45, 2.75) is 24.6 Å². The summed E-state index contributed by atoms with van der Waals surface area (Å²) in [7, 11) is 0. The largest absolute Gasteiger partial charge is 0.301 e. The Kier molecular flexibility index (Phi) is 6.37. The lowest BCUT2D eigenvalue weighted by Gasteiger charge is -2.39. The smallest absolute Gasteiger partial charge is 0.271 e. The summed E-state index contributed by atoms with van der Waals surface area (Å²) in [6.07, 6.45) is 5.11. The standard InChI is InChI=1S/C17H17Cl3N4O4/c1-10(2)13-8-11(6-7-16(13,3)17(18,19)20)21-22-14-5-4-12(23(25)26)9-15(14)24(27)28/h4-10,22H,1-3H3. The molecule has 0 bridgehead atoms. The minimum atomic E-state index is -1.57. The molecule has 1 aromatic carbocycles. The number of allylic oxidation sites excluding steroid dienone is 4. The Balaban J connectivity index is 2.39. The molecule has 28 heavy (non-hydrogen) atoms. The normalized spacial score (nSPS) is 21.0. The van der Waals surface area contributed by atoms with E-state index in [-0.39, 0.29) is 17.3 Å². The van der Waals surface area contributed by atoms with Gasteiger partial charge in [0.15, 0.2) is 0 Å². The molecular formula is C17H17Cl3N4O4. The zero-order valence-electron chi connectivity index (χ0n) is 15.1. The first-order chi connectivity index (χ1) is 12.9. The lowest BCUT2D eigenvalue weighted by atomic mass is 9.74. The lowest BCUT2D eigenvalue weighted by Crippen LogP contribution is -2.36. The van der Waals surface area contributed by atoms with Crippen molar-refractivity contribution >= 4 is 57.6 Å². The van der Waals surface area contributed by atoms with Gasteiger partial charge in [-0.2, -0.15) is 5.10 Å². The summed E-state index contributed by atoms with van der Waals surface area (Å²) in [6, 6.07) is 3.25. The van der Waals surface area contributed by atoms with Crippen LogP contribution in [0.2, 0.25) is 0 Å². The predicted molar refractivity (Wildman–Crippen MR) is 111 cm³/mol. The first kappa shape index (κ1) is 22.1. The van der Waals surface area contributed by atoms with Crippen LogP contribution in [0.15, 0.2) is 47.1 Å². The number of alkyl halides is 3. The molecule has 1 aliphatic rings. The Labute approximate surface area is 176 Å². The molecule has 0 spiro atoms. The third-order valence-electron chi connectivity index (χ3n) is 4.40. The summed E-state index contributed by atoms with van der Waals surface area (Å²) in [5.74, 6) is 0.0458. The van der Waals surface area contributed by atoms with Crippen LogP contribution in [0.5, 0.6) is 0 Å². The Morgan fingerprint density at radius 3 is 2.32 bits per heavy atom. The molecular weight excluding hydrogens is 431 g/mol. The molecule has 0 fully saturated rings. The second kappa shape index (κ2) is 8.06. The summed E-state index contributed by atoms with van der Waals surface area (Å²) in [4.78, 5) is 20.6. The van der Waals surface area contributed by atoms with E-state index >= 15 is 0 Å². The van der Waals surface area contributed by atoms with Crippen LogP contribution in [-0.2, 0) is 0 Å². The van der Waals surface area contributed by atoms with E-state index < -0.39 is 24.7 Å². The van der Waals surface area contributed by atoms with Crippen LogP contribution in [0.4, 0.5) is 17.1 Å². The minimum Gasteiger partial charge on any atom is -0.271 e. The van der Waals surface area contributed by atoms with Crippen LogP contribution < -0.4 is 5.43 Å². The van der Waals surface area contributed by atoms with E-state index in [1.165, 1.54) is 6.07 Å². The lowest BCUT2D eigenvalue weighted by molar-refractivity contribution is -0.393. The summed E-state index contributed by atoms with van der Waals surface area (Å²) in [5.41, 5.74) is 2.20. The first-order valence-electron chi connectivity index (χ1n) is 8.11. The highest BCUT2D eigenvalue weighted by Gasteiger charge is 2.47. The van der Waals surface area contributed by atoms with Crippen LogP contribution in [0.25, 0.3) is 0 Å². The molecule has 150 valence electrons. The SMILES string of the molecule is CC(C)C1=CC(=NNc2ccc([N+](=O)[O-])cc2[N+](=O)[O-])C=CC1(C)C(Cl)(Cl)Cl. The number of hydrogen-bond acceptors (Lipinski definition) is 6. The highest BCUT2D eigenvalue weighted by atomic mass is 35.6. The quantitative estimate of drug-likeness (QED) is 0.348. The second-order valence-electron chi connectivity index (χ2n) is 6.65. The molecule has 11 heteroatoms. The van der Waals surface area contributed by atoms with Crippen LogP contribution >= 0.6 is 34.8 Å². The third-order valence-corrected chi connectivity index (χ3v) is 5.57. The monoisotopic (exact) mass is 446 g/mol. The number of nitrogens with zero attached hydrogens (tertiary/aromatic N) is 3. The molecule has 0 radical (unpaired) electrons. The molecule has 0 saturated heterocycles. The number of benzene rings is 1. The maximum atomic E-state index is 11.2. The van der Waals surface area contributed by atoms with Crippen LogP contribution in [0.1, 0.15) is 20.8 Å². The number of halogens is 3. The van der Waals surface area contributed by atoms with Gasteiger partial charge in [-0.25, -0.2) is 0 Å². The Morgan fingerprint density at radius 1 is 1.18 bits per heavy atom. The van der Waals surface area contributed by atoms with Gasteiger partial charge in [-0.05, 0) is 31.1 Å². The highest BCUT2D eigenvalue weighted by molar-refractivity contribution is 6.68. The zero-order valence-corrected chi connectivity index (χ0v) is 17.4. The van der Waals surface area contributed by atoms with Gasteiger partial charge in [0.05, 0.1) is 27.0 Å². The molecule has 0 amide bonds.